The van der Waals surface area contributed by atoms with Crippen LogP contribution in [-0.4, -0.2) is 32.1 Å². The van der Waals surface area contributed by atoms with E-state index in [2.05, 4.69) is 4.74 Å². The normalized spacial score (nSPS) is 11.4. The van der Waals surface area contributed by atoms with Crippen LogP contribution in [0.1, 0.15) is 17.3 Å². The minimum Gasteiger partial charge on any atom is -0.481 e. The highest BCUT2D eigenvalue weighted by molar-refractivity contribution is 5.96. The number of nitrogens with zero attached hydrogens (tertiary/aromatic N) is 1. The summed E-state index contributed by atoms with van der Waals surface area (Å²) in [5, 5.41) is 0. The van der Waals surface area contributed by atoms with Gasteiger partial charge in [-0.25, -0.2) is 4.79 Å². The fraction of sp³-hybridized carbons (Fsp3) is 0.222. The number of hydrogen-bond donors (Lipinski definition) is 0. The van der Waals surface area contributed by atoms with Gasteiger partial charge in [0, 0.05) is 12.7 Å². The minimum absolute atomic E-state index is 0.159. The fourth-order valence-corrected chi connectivity index (χ4v) is 2.09. The maximum atomic E-state index is 12.4. The molecular formula is C18H19NO4. The maximum Gasteiger partial charge on any atom is 0.337 e. The Bertz CT molecular complexity index is 667. The number of methoxy groups -OCH3 is 1. The zero-order valence-electron chi connectivity index (χ0n) is 13.4. The molecule has 1 unspecified atom stereocenters. The Kier molecular flexibility index (Phi) is 5.36. The number of ether oxygens (including phenoxy) is 2. The molecule has 5 nitrogen and oxygen atoms in total. The first-order valence-electron chi connectivity index (χ1n) is 7.20. The summed E-state index contributed by atoms with van der Waals surface area (Å²) in [6, 6.07) is 15.8. The van der Waals surface area contributed by atoms with Gasteiger partial charge in [0.15, 0.2) is 6.10 Å². The first kappa shape index (κ1) is 16.5. The number of rotatable bonds is 5. The Labute approximate surface area is 135 Å². The standard InChI is InChI=1S/C18H19NO4/c1-13(17(20)19(2)15-7-5-4-6-8-15)23-16-11-9-14(10-12-16)18(21)22-3/h4-13H,1-3H3. The van der Waals surface area contributed by atoms with Gasteiger partial charge in [-0.3, -0.25) is 4.79 Å². The van der Waals surface area contributed by atoms with Gasteiger partial charge in [0.2, 0.25) is 0 Å². The Morgan fingerprint density at radius 2 is 1.61 bits per heavy atom. The van der Waals surface area contributed by atoms with Crippen molar-refractivity contribution in [1.82, 2.24) is 0 Å². The fourth-order valence-electron chi connectivity index (χ4n) is 2.09. The van der Waals surface area contributed by atoms with Gasteiger partial charge < -0.3 is 14.4 Å². The third-order valence-corrected chi connectivity index (χ3v) is 3.41. The zero-order chi connectivity index (χ0) is 16.8. The minimum atomic E-state index is -0.649. The molecule has 0 bridgehead atoms. The molecule has 1 atom stereocenters. The van der Waals surface area contributed by atoms with Crippen LogP contribution in [0.2, 0.25) is 0 Å². The van der Waals surface area contributed by atoms with E-state index in [-0.39, 0.29) is 5.91 Å². The molecule has 2 aromatic rings. The molecule has 0 aliphatic carbocycles. The topological polar surface area (TPSA) is 55.8 Å². The summed E-state index contributed by atoms with van der Waals surface area (Å²) in [6.45, 7) is 1.69. The zero-order valence-corrected chi connectivity index (χ0v) is 13.4. The van der Waals surface area contributed by atoms with Gasteiger partial charge in [0.25, 0.3) is 5.91 Å². The highest BCUT2D eigenvalue weighted by atomic mass is 16.5. The van der Waals surface area contributed by atoms with E-state index >= 15 is 0 Å². The molecule has 0 aromatic heterocycles. The molecule has 0 N–H and O–H groups in total. The van der Waals surface area contributed by atoms with Gasteiger partial charge in [-0.15, -0.1) is 0 Å². The van der Waals surface area contributed by atoms with E-state index in [1.54, 1.807) is 43.1 Å². The van der Waals surface area contributed by atoms with Gasteiger partial charge in [-0.05, 0) is 43.3 Å². The van der Waals surface area contributed by atoms with Crippen molar-refractivity contribution >= 4 is 17.6 Å². The van der Waals surface area contributed by atoms with Crippen molar-refractivity contribution in [1.29, 1.82) is 0 Å². The molecule has 1 amide bonds. The Morgan fingerprint density at radius 1 is 1.00 bits per heavy atom. The molecule has 0 heterocycles. The number of carbonyl (C=O) groups is 2. The summed E-state index contributed by atoms with van der Waals surface area (Å²) in [6.07, 6.45) is -0.649. The van der Waals surface area contributed by atoms with Gasteiger partial charge in [0.1, 0.15) is 5.75 Å². The van der Waals surface area contributed by atoms with Crippen molar-refractivity contribution in [2.45, 2.75) is 13.0 Å². The molecule has 2 aromatic carbocycles. The molecule has 0 aliphatic rings. The summed E-state index contributed by atoms with van der Waals surface area (Å²) >= 11 is 0. The summed E-state index contributed by atoms with van der Waals surface area (Å²) in [4.78, 5) is 25.3. The van der Waals surface area contributed by atoms with Crippen LogP contribution in [0.15, 0.2) is 54.6 Å². The van der Waals surface area contributed by atoms with Gasteiger partial charge in [0.05, 0.1) is 12.7 Å². The van der Waals surface area contributed by atoms with E-state index in [9.17, 15) is 9.59 Å². The van der Waals surface area contributed by atoms with Crippen LogP contribution in [-0.2, 0) is 9.53 Å². The number of para-hydroxylation sites is 1. The number of esters is 1. The van der Waals surface area contributed by atoms with Crippen molar-refractivity contribution in [3.63, 3.8) is 0 Å². The Hall–Kier alpha value is -2.82. The number of amides is 1. The van der Waals surface area contributed by atoms with Crippen LogP contribution in [0.3, 0.4) is 0 Å². The Morgan fingerprint density at radius 3 is 2.17 bits per heavy atom. The van der Waals surface area contributed by atoms with Gasteiger partial charge in [-0.1, -0.05) is 18.2 Å². The summed E-state index contributed by atoms with van der Waals surface area (Å²) in [7, 11) is 3.03. The number of benzene rings is 2. The number of likely N-dealkylation sites (N-methyl/N-ethyl adjacent to an activating group) is 1. The lowest BCUT2D eigenvalue weighted by atomic mass is 10.2. The smallest absolute Gasteiger partial charge is 0.337 e. The van der Waals surface area contributed by atoms with Crippen LogP contribution in [0.4, 0.5) is 5.69 Å². The van der Waals surface area contributed by atoms with Crippen molar-refractivity contribution < 1.29 is 19.1 Å². The summed E-state index contributed by atoms with van der Waals surface area (Å²) in [5.74, 6) is -0.0577. The van der Waals surface area contributed by atoms with Crippen molar-refractivity contribution in [2.75, 3.05) is 19.1 Å². The number of hydrogen-bond acceptors (Lipinski definition) is 4. The van der Waals surface area contributed by atoms with E-state index < -0.39 is 12.1 Å². The highest BCUT2D eigenvalue weighted by Crippen LogP contribution is 2.17. The van der Waals surface area contributed by atoms with Crippen LogP contribution in [0, 0.1) is 0 Å². The van der Waals surface area contributed by atoms with Gasteiger partial charge in [-0.2, -0.15) is 0 Å². The predicted molar refractivity (Wildman–Crippen MR) is 87.7 cm³/mol. The average Bonchev–Trinajstić information content (AvgIpc) is 2.61. The van der Waals surface area contributed by atoms with E-state index in [0.29, 0.717) is 11.3 Å². The molecule has 0 saturated carbocycles. The lowest BCUT2D eigenvalue weighted by Crippen LogP contribution is -2.37. The second-order valence-corrected chi connectivity index (χ2v) is 5.01. The molecule has 5 heteroatoms. The Balaban J connectivity index is 2.02. The van der Waals surface area contributed by atoms with E-state index in [0.717, 1.165) is 5.69 Å². The average molecular weight is 313 g/mol. The molecule has 0 radical (unpaired) electrons. The SMILES string of the molecule is COC(=O)c1ccc(OC(C)C(=O)N(C)c2ccccc2)cc1. The number of carbonyl (C=O) groups excluding carboxylic acids is 2. The molecule has 0 saturated heterocycles. The van der Waals surface area contributed by atoms with Crippen LogP contribution in [0.5, 0.6) is 5.75 Å². The highest BCUT2D eigenvalue weighted by Gasteiger charge is 2.20. The second-order valence-electron chi connectivity index (χ2n) is 5.01. The summed E-state index contributed by atoms with van der Waals surface area (Å²) in [5.41, 5.74) is 1.23. The van der Waals surface area contributed by atoms with E-state index in [1.165, 1.54) is 7.11 Å². The summed E-state index contributed by atoms with van der Waals surface area (Å²) < 4.78 is 10.3. The molecule has 23 heavy (non-hydrogen) atoms. The molecule has 120 valence electrons. The molecule has 0 spiro atoms. The maximum absolute atomic E-state index is 12.4. The lowest BCUT2D eigenvalue weighted by Gasteiger charge is -2.22. The van der Waals surface area contributed by atoms with Crippen molar-refractivity contribution in [3.05, 3.63) is 60.2 Å². The molecular weight excluding hydrogens is 294 g/mol. The van der Waals surface area contributed by atoms with Crippen molar-refractivity contribution in [2.24, 2.45) is 0 Å². The quantitative estimate of drug-likeness (QED) is 0.797. The van der Waals surface area contributed by atoms with E-state index in [4.69, 9.17) is 4.74 Å². The second kappa shape index (κ2) is 7.45. The third-order valence-electron chi connectivity index (χ3n) is 3.41. The molecule has 2 rings (SSSR count). The largest absolute Gasteiger partial charge is 0.481 e. The first-order chi connectivity index (χ1) is 11.0. The van der Waals surface area contributed by atoms with Crippen molar-refractivity contribution in [3.8, 4) is 5.75 Å². The van der Waals surface area contributed by atoms with Crippen LogP contribution < -0.4 is 9.64 Å². The first-order valence-corrected chi connectivity index (χ1v) is 7.20. The van der Waals surface area contributed by atoms with Crippen LogP contribution >= 0.6 is 0 Å². The van der Waals surface area contributed by atoms with Crippen LogP contribution in [0.25, 0.3) is 0 Å². The lowest BCUT2D eigenvalue weighted by molar-refractivity contribution is -0.124. The van der Waals surface area contributed by atoms with E-state index in [1.807, 2.05) is 30.3 Å². The monoisotopic (exact) mass is 313 g/mol. The molecule has 0 fully saturated rings. The van der Waals surface area contributed by atoms with Gasteiger partial charge >= 0.3 is 5.97 Å². The molecule has 0 aliphatic heterocycles. The third kappa shape index (κ3) is 4.10. The predicted octanol–water partition coefficient (Wildman–Crippen LogP) is 2.90. The number of anilines is 1.